The minimum atomic E-state index is -0.428. The van der Waals surface area contributed by atoms with E-state index in [2.05, 4.69) is 18.2 Å². The number of rotatable bonds is 5. The van der Waals surface area contributed by atoms with Crippen LogP contribution in [0.3, 0.4) is 0 Å². The van der Waals surface area contributed by atoms with Crippen molar-refractivity contribution in [3.63, 3.8) is 0 Å². The Morgan fingerprint density at radius 1 is 0.897 bits per heavy atom. The summed E-state index contributed by atoms with van der Waals surface area (Å²) in [5, 5.41) is -0.428. The Hall–Kier alpha value is -2.98. The van der Waals surface area contributed by atoms with Gasteiger partial charge >= 0.3 is 0 Å². The van der Waals surface area contributed by atoms with Crippen molar-refractivity contribution in [3.05, 3.63) is 108 Å². The first-order chi connectivity index (χ1) is 14.2. The molecule has 0 aromatic heterocycles. The van der Waals surface area contributed by atoms with Crippen molar-refractivity contribution in [2.75, 3.05) is 7.11 Å². The number of hydrogen-bond acceptors (Lipinski definition) is 3. The second-order valence-corrected chi connectivity index (χ2v) is 7.63. The van der Waals surface area contributed by atoms with Crippen molar-refractivity contribution in [2.24, 2.45) is 0 Å². The van der Waals surface area contributed by atoms with Crippen LogP contribution >= 0.6 is 12.6 Å². The van der Waals surface area contributed by atoms with Gasteiger partial charge in [-0.2, -0.15) is 12.6 Å². The first kappa shape index (κ1) is 19.3. The SMILES string of the molecule is COc1ccc(C2=C[C@H](c3ccccc3)[C@@H](S)C(=O)N2Cc2ccccc2)cc1. The molecule has 0 radical (unpaired) electrons. The average molecular weight is 402 g/mol. The molecule has 3 aromatic carbocycles. The molecule has 1 heterocycles. The van der Waals surface area contributed by atoms with Crippen LogP contribution in [0.25, 0.3) is 5.70 Å². The normalized spacial score (nSPS) is 19.0. The van der Waals surface area contributed by atoms with E-state index in [1.54, 1.807) is 7.11 Å². The molecule has 146 valence electrons. The van der Waals surface area contributed by atoms with Crippen LogP contribution in [0, 0.1) is 0 Å². The molecule has 0 spiro atoms. The van der Waals surface area contributed by atoms with Crippen molar-refractivity contribution >= 4 is 24.2 Å². The molecular formula is C25H23NO2S. The molecule has 0 fully saturated rings. The maximum atomic E-state index is 13.4. The van der Waals surface area contributed by atoms with Gasteiger partial charge in [0.1, 0.15) is 5.75 Å². The van der Waals surface area contributed by atoms with Gasteiger partial charge in [-0.05, 0) is 41.0 Å². The summed E-state index contributed by atoms with van der Waals surface area (Å²) in [5.41, 5.74) is 4.06. The van der Waals surface area contributed by atoms with Gasteiger partial charge in [-0.25, -0.2) is 0 Å². The number of methoxy groups -OCH3 is 1. The van der Waals surface area contributed by atoms with E-state index in [0.717, 1.165) is 28.1 Å². The van der Waals surface area contributed by atoms with Crippen molar-refractivity contribution < 1.29 is 9.53 Å². The highest BCUT2D eigenvalue weighted by atomic mass is 32.1. The summed E-state index contributed by atoms with van der Waals surface area (Å²) in [6.45, 7) is 0.510. The van der Waals surface area contributed by atoms with Gasteiger partial charge in [0.2, 0.25) is 5.91 Å². The van der Waals surface area contributed by atoms with Gasteiger partial charge in [0.15, 0.2) is 0 Å². The van der Waals surface area contributed by atoms with Crippen LogP contribution in [0.15, 0.2) is 91.0 Å². The number of carbonyl (C=O) groups is 1. The Morgan fingerprint density at radius 2 is 1.52 bits per heavy atom. The third kappa shape index (κ3) is 4.08. The predicted octanol–water partition coefficient (Wildman–Crippen LogP) is 5.16. The molecule has 2 atom stereocenters. The number of benzene rings is 3. The number of thiol groups is 1. The van der Waals surface area contributed by atoms with E-state index in [1.165, 1.54) is 0 Å². The topological polar surface area (TPSA) is 29.5 Å². The highest BCUT2D eigenvalue weighted by molar-refractivity contribution is 7.81. The highest BCUT2D eigenvalue weighted by Gasteiger charge is 2.36. The minimum Gasteiger partial charge on any atom is -0.497 e. The van der Waals surface area contributed by atoms with Gasteiger partial charge in [0, 0.05) is 11.6 Å². The quantitative estimate of drug-likeness (QED) is 0.599. The number of allylic oxidation sites excluding steroid dienone is 1. The smallest absolute Gasteiger partial charge is 0.241 e. The van der Waals surface area contributed by atoms with Gasteiger partial charge in [-0.3, -0.25) is 4.79 Å². The fourth-order valence-corrected chi connectivity index (χ4v) is 4.08. The lowest BCUT2D eigenvalue weighted by molar-refractivity contribution is -0.128. The summed E-state index contributed by atoms with van der Waals surface area (Å²) in [5.74, 6) is 0.716. The van der Waals surface area contributed by atoms with E-state index in [1.807, 2.05) is 77.7 Å². The van der Waals surface area contributed by atoms with Crippen LogP contribution in [0.2, 0.25) is 0 Å². The summed E-state index contributed by atoms with van der Waals surface area (Å²) in [6, 6.07) is 28.0. The number of nitrogens with zero attached hydrogens (tertiary/aromatic N) is 1. The molecule has 1 amide bonds. The van der Waals surface area contributed by atoms with Crippen molar-refractivity contribution in [2.45, 2.75) is 17.7 Å². The average Bonchev–Trinajstić information content (AvgIpc) is 2.78. The molecule has 4 rings (SSSR count). The molecule has 0 saturated carbocycles. The van der Waals surface area contributed by atoms with Gasteiger partial charge in [0.25, 0.3) is 0 Å². The molecule has 0 unspecified atom stereocenters. The lowest BCUT2D eigenvalue weighted by Crippen LogP contribution is -2.41. The zero-order chi connectivity index (χ0) is 20.2. The summed E-state index contributed by atoms with van der Waals surface area (Å²) in [4.78, 5) is 15.2. The standard InChI is InChI=1S/C25H23NO2S/c1-28-21-14-12-20(13-15-21)23-16-22(19-10-6-3-7-11-19)24(29)25(27)26(23)17-18-8-4-2-5-9-18/h2-16,22,24,29H,17H2,1H3/t22-,24-/m1/s1. The Bertz CT molecular complexity index is 1000. The summed E-state index contributed by atoms with van der Waals surface area (Å²) in [6.07, 6.45) is 2.17. The number of amides is 1. The third-order valence-electron chi connectivity index (χ3n) is 5.24. The van der Waals surface area contributed by atoms with Crippen LogP contribution in [0.4, 0.5) is 0 Å². The molecule has 0 N–H and O–H groups in total. The molecule has 1 aliphatic rings. The van der Waals surface area contributed by atoms with Crippen molar-refractivity contribution in [1.82, 2.24) is 4.90 Å². The lowest BCUT2D eigenvalue weighted by atomic mass is 9.88. The Morgan fingerprint density at radius 3 is 2.14 bits per heavy atom. The second-order valence-electron chi connectivity index (χ2n) is 7.07. The maximum absolute atomic E-state index is 13.4. The molecule has 0 aliphatic carbocycles. The third-order valence-corrected chi connectivity index (χ3v) is 5.78. The maximum Gasteiger partial charge on any atom is 0.241 e. The van der Waals surface area contributed by atoms with Crippen LogP contribution in [-0.2, 0) is 11.3 Å². The van der Waals surface area contributed by atoms with Gasteiger partial charge < -0.3 is 9.64 Å². The number of ether oxygens (including phenoxy) is 1. The molecule has 3 nitrogen and oxygen atoms in total. The molecule has 4 heteroatoms. The first-order valence-corrected chi connectivity index (χ1v) is 10.1. The fraction of sp³-hybridized carbons (Fsp3) is 0.160. The largest absolute Gasteiger partial charge is 0.497 e. The van der Waals surface area contributed by atoms with E-state index in [-0.39, 0.29) is 11.8 Å². The van der Waals surface area contributed by atoms with Crippen molar-refractivity contribution in [1.29, 1.82) is 0 Å². The van der Waals surface area contributed by atoms with E-state index < -0.39 is 5.25 Å². The van der Waals surface area contributed by atoms with Crippen LogP contribution < -0.4 is 4.74 Å². The van der Waals surface area contributed by atoms with Crippen LogP contribution in [0.5, 0.6) is 5.75 Å². The van der Waals surface area contributed by atoms with Gasteiger partial charge in [-0.15, -0.1) is 0 Å². The van der Waals surface area contributed by atoms with Gasteiger partial charge in [0.05, 0.1) is 18.9 Å². The van der Waals surface area contributed by atoms with E-state index in [9.17, 15) is 4.79 Å². The Labute approximate surface area is 177 Å². The molecular weight excluding hydrogens is 378 g/mol. The molecule has 1 aliphatic heterocycles. The fourth-order valence-electron chi connectivity index (χ4n) is 3.68. The second kappa shape index (κ2) is 8.58. The lowest BCUT2D eigenvalue weighted by Gasteiger charge is -2.36. The Balaban J connectivity index is 1.78. The van der Waals surface area contributed by atoms with E-state index in [0.29, 0.717) is 6.54 Å². The van der Waals surface area contributed by atoms with Crippen molar-refractivity contribution in [3.8, 4) is 5.75 Å². The van der Waals surface area contributed by atoms with Gasteiger partial charge in [-0.1, -0.05) is 66.7 Å². The molecule has 3 aromatic rings. The molecule has 0 bridgehead atoms. The minimum absolute atomic E-state index is 0.0133. The van der Waals surface area contributed by atoms with Crippen LogP contribution in [-0.4, -0.2) is 23.2 Å². The highest BCUT2D eigenvalue weighted by Crippen LogP contribution is 2.38. The summed E-state index contributed by atoms with van der Waals surface area (Å²) >= 11 is 4.72. The summed E-state index contributed by atoms with van der Waals surface area (Å²) < 4.78 is 5.30. The van der Waals surface area contributed by atoms with E-state index >= 15 is 0 Å². The molecule has 0 saturated heterocycles. The monoisotopic (exact) mass is 401 g/mol. The van der Waals surface area contributed by atoms with Crippen LogP contribution in [0.1, 0.15) is 22.6 Å². The predicted molar refractivity (Wildman–Crippen MR) is 120 cm³/mol. The Kier molecular flexibility index (Phi) is 5.72. The number of carbonyl (C=O) groups excluding carboxylic acids is 1. The zero-order valence-electron chi connectivity index (χ0n) is 16.2. The number of hydrogen-bond donors (Lipinski definition) is 1. The zero-order valence-corrected chi connectivity index (χ0v) is 17.1. The first-order valence-electron chi connectivity index (χ1n) is 9.62. The summed E-state index contributed by atoms with van der Waals surface area (Å²) in [7, 11) is 1.65. The van der Waals surface area contributed by atoms with E-state index in [4.69, 9.17) is 17.4 Å². The molecule has 29 heavy (non-hydrogen) atoms.